The van der Waals surface area contributed by atoms with Crippen molar-refractivity contribution in [3.63, 3.8) is 0 Å². The first kappa shape index (κ1) is 12.5. The zero-order valence-corrected chi connectivity index (χ0v) is 10.6. The van der Waals surface area contributed by atoms with Crippen molar-refractivity contribution in [3.8, 4) is 5.75 Å². The van der Waals surface area contributed by atoms with Crippen LogP contribution in [0.4, 0.5) is 4.39 Å². The number of methoxy groups -OCH3 is 2. The van der Waals surface area contributed by atoms with Crippen molar-refractivity contribution in [2.24, 2.45) is 0 Å². The van der Waals surface area contributed by atoms with Gasteiger partial charge in [0.2, 0.25) is 0 Å². The van der Waals surface area contributed by atoms with E-state index in [1.54, 1.807) is 7.11 Å². The van der Waals surface area contributed by atoms with E-state index in [2.05, 4.69) is 15.9 Å². The first-order valence-electron chi connectivity index (χ1n) is 4.62. The van der Waals surface area contributed by atoms with Gasteiger partial charge < -0.3 is 9.47 Å². The third-order valence-corrected chi connectivity index (χ3v) is 2.80. The Bertz CT molecular complexity index is 318. The molecule has 0 radical (unpaired) electrons. The lowest BCUT2D eigenvalue weighted by molar-refractivity contribution is 0.184. The van der Waals surface area contributed by atoms with Gasteiger partial charge in [0.15, 0.2) is 11.6 Å². The molecule has 0 fully saturated rings. The molecule has 0 heterocycles. The summed E-state index contributed by atoms with van der Waals surface area (Å²) in [5.41, 5.74) is 0.891. The van der Waals surface area contributed by atoms with E-state index in [9.17, 15) is 4.39 Å². The van der Waals surface area contributed by atoms with Gasteiger partial charge >= 0.3 is 0 Å². The van der Waals surface area contributed by atoms with Gasteiger partial charge in [0.25, 0.3) is 0 Å². The van der Waals surface area contributed by atoms with Crippen molar-refractivity contribution in [2.45, 2.75) is 12.8 Å². The Balaban J connectivity index is 3.02. The van der Waals surface area contributed by atoms with Gasteiger partial charge in [-0.2, -0.15) is 0 Å². The van der Waals surface area contributed by atoms with Crippen LogP contribution < -0.4 is 4.74 Å². The lowest BCUT2D eigenvalue weighted by Gasteiger charge is -2.13. The van der Waals surface area contributed by atoms with Crippen molar-refractivity contribution in [1.82, 2.24) is 0 Å². The van der Waals surface area contributed by atoms with Gasteiger partial charge in [0.05, 0.1) is 18.2 Å². The van der Waals surface area contributed by atoms with Crippen LogP contribution in [0, 0.1) is 5.82 Å². The number of hydrogen-bond donors (Lipinski definition) is 0. The Labute approximate surface area is 97.5 Å². The average Bonchev–Trinajstić information content (AvgIpc) is 2.17. The van der Waals surface area contributed by atoms with Gasteiger partial charge in [-0.3, -0.25) is 0 Å². The summed E-state index contributed by atoms with van der Waals surface area (Å²) in [5, 5.41) is 0. The van der Waals surface area contributed by atoms with Crippen LogP contribution in [0.5, 0.6) is 5.75 Å². The summed E-state index contributed by atoms with van der Waals surface area (Å²) in [6, 6.07) is 3.33. The van der Waals surface area contributed by atoms with Crippen LogP contribution in [0.25, 0.3) is 0 Å². The minimum absolute atomic E-state index is 0.159. The van der Waals surface area contributed by atoms with Crippen LogP contribution in [0.15, 0.2) is 16.6 Å². The molecule has 1 aromatic carbocycles. The third kappa shape index (κ3) is 2.92. The molecule has 15 heavy (non-hydrogen) atoms. The molecule has 0 bridgehead atoms. The van der Waals surface area contributed by atoms with E-state index in [1.165, 1.54) is 13.2 Å². The second-order valence-electron chi connectivity index (χ2n) is 3.37. The van der Waals surface area contributed by atoms with Crippen LogP contribution in [0.2, 0.25) is 0 Å². The summed E-state index contributed by atoms with van der Waals surface area (Å²) in [4.78, 5) is 0. The highest BCUT2D eigenvalue weighted by atomic mass is 79.9. The van der Waals surface area contributed by atoms with Gasteiger partial charge in [0.1, 0.15) is 0 Å². The quantitative estimate of drug-likeness (QED) is 0.840. The summed E-state index contributed by atoms with van der Waals surface area (Å²) in [5.74, 6) is 0.0416. The SMILES string of the molecule is COC[C@@H](C)c1cc(F)c(OC)c(Br)c1. The molecule has 0 aliphatic heterocycles. The highest BCUT2D eigenvalue weighted by Crippen LogP contribution is 2.31. The minimum atomic E-state index is -0.357. The molecule has 0 aliphatic carbocycles. The first-order chi connectivity index (χ1) is 7.10. The van der Waals surface area contributed by atoms with Crippen LogP contribution >= 0.6 is 15.9 Å². The maximum absolute atomic E-state index is 13.5. The molecule has 0 N–H and O–H groups in total. The molecular weight excluding hydrogens is 263 g/mol. The molecule has 0 spiro atoms. The molecule has 0 saturated heterocycles. The maximum atomic E-state index is 13.5. The monoisotopic (exact) mass is 276 g/mol. The largest absolute Gasteiger partial charge is 0.492 e. The van der Waals surface area contributed by atoms with Crippen molar-refractivity contribution >= 4 is 15.9 Å². The number of ether oxygens (including phenoxy) is 2. The molecular formula is C11H14BrFO2. The second kappa shape index (κ2) is 5.47. The fraction of sp³-hybridized carbons (Fsp3) is 0.455. The van der Waals surface area contributed by atoms with E-state index in [-0.39, 0.29) is 17.5 Å². The zero-order chi connectivity index (χ0) is 11.4. The van der Waals surface area contributed by atoms with E-state index < -0.39 is 0 Å². The second-order valence-corrected chi connectivity index (χ2v) is 4.23. The Hall–Kier alpha value is -0.610. The number of rotatable bonds is 4. The molecule has 0 unspecified atom stereocenters. The van der Waals surface area contributed by atoms with Crippen LogP contribution in [-0.2, 0) is 4.74 Å². The average molecular weight is 277 g/mol. The molecule has 1 rings (SSSR count). The molecule has 4 heteroatoms. The van der Waals surface area contributed by atoms with Gasteiger partial charge in [0, 0.05) is 13.0 Å². The summed E-state index contributed by atoms with van der Waals surface area (Å²) in [6.07, 6.45) is 0. The fourth-order valence-corrected chi connectivity index (χ4v) is 2.02. The lowest BCUT2D eigenvalue weighted by atomic mass is 10.0. The van der Waals surface area contributed by atoms with Crippen molar-refractivity contribution in [3.05, 3.63) is 28.0 Å². The molecule has 0 amide bonds. The Kier molecular flexibility index (Phi) is 4.54. The highest BCUT2D eigenvalue weighted by molar-refractivity contribution is 9.10. The van der Waals surface area contributed by atoms with E-state index in [0.717, 1.165) is 5.56 Å². The molecule has 0 saturated carbocycles. The highest BCUT2D eigenvalue weighted by Gasteiger charge is 2.13. The van der Waals surface area contributed by atoms with E-state index in [1.807, 2.05) is 13.0 Å². The minimum Gasteiger partial charge on any atom is -0.492 e. The lowest BCUT2D eigenvalue weighted by Crippen LogP contribution is -2.03. The number of hydrogen-bond acceptors (Lipinski definition) is 2. The molecule has 0 aliphatic rings. The zero-order valence-electron chi connectivity index (χ0n) is 9.01. The van der Waals surface area contributed by atoms with E-state index in [4.69, 9.17) is 9.47 Å². The predicted octanol–water partition coefficient (Wildman–Crippen LogP) is 3.35. The Morgan fingerprint density at radius 2 is 2.07 bits per heavy atom. The number of halogens is 2. The summed E-state index contributed by atoms with van der Waals surface area (Å²) < 4.78 is 24.1. The number of benzene rings is 1. The van der Waals surface area contributed by atoms with Gasteiger partial charge in [-0.25, -0.2) is 4.39 Å². The molecule has 2 nitrogen and oxygen atoms in total. The Morgan fingerprint density at radius 3 is 2.53 bits per heavy atom. The van der Waals surface area contributed by atoms with Crippen LogP contribution in [0.3, 0.4) is 0 Å². The van der Waals surface area contributed by atoms with Crippen LogP contribution in [-0.4, -0.2) is 20.8 Å². The molecule has 84 valence electrons. The summed E-state index contributed by atoms with van der Waals surface area (Å²) in [7, 11) is 3.08. The van der Waals surface area contributed by atoms with Gasteiger partial charge in [-0.15, -0.1) is 0 Å². The maximum Gasteiger partial charge on any atom is 0.168 e. The summed E-state index contributed by atoms with van der Waals surface area (Å²) in [6.45, 7) is 2.55. The van der Waals surface area contributed by atoms with Crippen molar-refractivity contribution in [1.29, 1.82) is 0 Å². The van der Waals surface area contributed by atoms with Gasteiger partial charge in [-0.05, 0) is 33.6 Å². The topological polar surface area (TPSA) is 18.5 Å². The predicted molar refractivity (Wildman–Crippen MR) is 60.9 cm³/mol. The fourth-order valence-electron chi connectivity index (χ4n) is 1.41. The van der Waals surface area contributed by atoms with E-state index >= 15 is 0 Å². The Morgan fingerprint density at radius 1 is 1.40 bits per heavy atom. The molecule has 0 aromatic heterocycles. The standard InChI is InChI=1S/C11H14BrFO2/c1-7(6-14-2)8-4-9(12)11(15-3)10(13)5-8/h4-5,7H,6H2,1-3H3/t7-/m1/s1. The smallest absolute Gasteiger partial charge is 0.168 e. The first-order valence-corrected chi connectivity index (χ1v) is 5.41. The molecule has 1 aromatic rings. The summed E-state index contributed by atoms with van der Waals surface area (Å²) >= 11 is 3.27. The van der Waals surface area contributed by atoms with Crippen LogP contribution in [0.1, 0.15) is 18.4 Å². The van der Waals surface area contributed by atoms with E-state index in [0.29, 0.717) is 11.1 Å². The normalized spacial score (nSPS) is 12.6. The third-order valence-electron chi connectivity index (χ3n) is 2.21. The molecule has 1 atom stereocenters. The van der Waals surface area contributed by atoms with Crippen molar-refractivity contribution < 1.29 is 13.9 Å². The van der Waals surface area contributed by atoms with Gasteiger partial charge in [-0.1, -0.05) is 6.92 Å². The van der Waals surface area contributed by atoms with Crippen molar-refractivity contribution in [2.75, 3.05) is 20.8 Å².